The molecule has 4 heteroatoms. The Balaban J connectivity index is 2.51. The lowest BCUT2D eigenvalue weighted by molar-refractivity contribution is -0.140. The van der Waals surface area contributed by atoms with Gasteiger partial charge in [-0.15, -0.1) is 0 Å². The van der Waals surface area contributed by atoms with Crippen molar-refractivity contribution in [2.75, 3.05) is 19.8 Å². The first-order valence-electron chi connectivity index (χ1n) is 6.01. The number of piperidine rings is 1. The molecule has 1 unspecified atom stereocenters. The van der Waals surface area contributed by atoms with E-state index in [4.69, 9.17) is 4.74 Å². The van der Waals surface area contributed by atoms with Crippen LogP contribution >= 0.6 is 0 Å². The molecule has 0 bridgehead atoms. The average Bonchev–Trinajstić information content (AvgIpc) is 2.26. The van der Waals surface area contributed by atoms with Gasteiger partial charge in [0, 0.05) is 25.6 Å². The van der Waals surface area contributed by atoms with Crippen LogP contribution in [0.3, 0.4) is 0 Å². The maximum absolute atomic E-state index is 11.8. The molecule has 0 spiro atoms. The number of hydrogen-bond acceptors (Lipinski definition) is 3. The normalized spacial score (nSPS) is 20.9. The fraction of sp³-hybridized carbons (Fsp3) is 0.833. The van der Waals surface area contributed by atoms with Gasteiger partial charge >= 0.3 is 0 Å². The minimum Gasteiger partial charge on any atom is -0.372 e. The van der Waals surface area contributed by atoms with E-state index >= 15 is 0 Å². The second kappa shape index (κ2) is 6.63. The first-order valence-corrected chi connectivity index (χ1v) is 6.01. The zero-order valence-corrected chi connectivity index (χ0v) is 10.2. The van der Waals surface area contributed by atoms with Crippen molar-refractivity contribution in [2.45, 2.75) is 45.6 Å². The summed E-state index contributed by atoms with van der Waals surface area (Å²) in [7, 11) is 0. The summed E-state index contributed by atoms with van der Waals surface area (Å²) in [6.07, 6.45) is 3.57. The molecule has 0 aromatic rings. The SMILES string of the molecule is CCOCC(=O)N1CCCCC1CC(C)=O. The van der Waals surface area contributed by atoms with Crippen LogP contribution in [0.2, 0.25) is 0 Å². The van der Waals surface area contributed by atoms with Crippen molar-refractivity contribution in [1.82, 2.24) is 4.90 Å². The number of likely N-dealkylation sites (tertiary alicyclic amines) is 1. The topological polar surface area (TPSA) is 46.6 Å². The summed E-state index contributed by atoms with van der Waals surface area (Å²) < 4.78 is 5.13. The van der Waals surface area contributed by atoms with E-state index < -0.39 is 0 Å². The molecule has 1 fully saturated rings. The van der Waals surface area contributed by atoms with Crippen LogP contribution in [0.5, 0.6) is 0 Å². The standard InChI is InChI=1S/C12H21NO3/c1-3-16-9-12(15)13-7-5-4-6-11(13)8-10(2)14/h11H,3-9H2,1-2H3. The highest BCUT2D eigenvalue weighted by molar-refractivity contribution is 5.80. The number of nitrogens with zero attached hydrogens (tertiary/aromatic N) is 1. The number of hydrogen-bond donors (Lipinski definition) is 0. The van der Waals surface area contributed by atoms with Gasteiger partial charge in [-0.05, 0) is 33.1 Å². The fourth-order valence-electron chi connectivity index (χ4n) is 2.15. The Bertz CT molecular complexity index is 253. The minimum absolute atomic E-state index is 0.0211. The lowest BCUT2D eigenvalue weighted by atomic mass is 9.98. The van der Waals surface area contributed by atoms with E-state index in [1.165, 1.54) is 0 Å². The summed E-state index contributed by atoms with van der Waals surface area (Å²) in [5.41, 5.74) is 0. The highest BCUT2D eigenvalue weighted by Gasteiger charge is 2.27. The molecule has 1 aliphatic heterocycles. The highest BCUT2D eigenvalue weighted by atomic mass is 16.5. The zero-order chi connectivity index (χ0) is 12.0. The first-order chi connectivity index (χ1) is 7.65. The predicted molar refractivity (Wildman–Crippen MR) is 61.1 cm³/mol. The molecule has 0 aromatic heterocycles. The number of ketones is 1. The van der Waals surface area contributed by atoms with Gasteiger partial charge in [0.25, 0.3) is 0 Å². The van der Waals surface area contributed by atoms with Gasteiger partial charge in [-0.3, -0.25) is 9.59 Å². The van der Waals surface area contributed by atoms with E-state index in [1.807, 2.05) is 11.8 Å². The Morgan fingerprint density at radius 1 is 1.38 bits per heavy atom. The van der Waals surface area contributed by atoms with Gasteiger partial charge in [-0.2, -0.15) is 0 Å². The molecule has 1 rings (SSSR count). The van der Waals surface area contributed by atoms with Crippen LogP contribution < -0.4 is 0 Å². The smallest absolute Gasteiger partial charge is 0.248 e. The summed E-state index contributed by atoms with van der Waals surface area (Å²) >= 11 is 0. The Hall–Kier alpha value is -0.900. The Morgan fingerprint density at radius 3 is 2.75 bits per heavy atom. The zero-order valence-electron chi connectivity index (χ0n) is 10.2. The van der Waals surface area contributed by atoms with Crippen LogP contribution in [-0.2, 0) is 14.3 Å². The van der Waals surface area contributed by atoms with Crippen LogP contribution in [0.15, 0.2) is 0 Å². The molecule has 16 heavy (non-hydrogen) atoms. The van der Waals surface area contributed by atoms with Gasteiger partial charge in [0.1, 0.15) is 12.4 Å². The maximum atomic E-state index is 11.8. The summed E-state index contributed by atoms with van der Waals surface area (Å²) in [5.74, 6) is 0.175. The maximum Gasteiger partial charge on any atom is 0.248 e. The van der Waals surface area contributed by atoms with Crippen LogP contribution in [0, 0.1) is 0 Å². The minimum atomic E-state index is 0.0211. The van der Waals surface area contributed by atoms with E-state index in [1.54, 1.807) is 6.92 Å². The van der Waals surface area contributed by atoms with Crippen molar-refractivity contribution in [3.05, 3.63) is 0 Å². The van der Waals surface area contributed by atoms with Crippen LogP contribution in [0.4, 0.5) is 0 Å². The first kappa shape index (κ1) is 13.2. The lowest BCUT2D eigenvalue weighted by Crippen LogP contribution is -2.46. The molecular formula is C12H21NO3. The Morgan fingerprint density at radius 2 is 2.12 bits per heavy atom. The molecule has 0 aromatic carbocycles. The molecular weight excluding hydrogens is 206 g/mol. The van der Waals surface area contributed by atoms with Crippen molar-refractivity contribution in [3.8, 4) is 0 Å². The number of amides is 1. The lowest BCUT2D eigenvalue weighted by Gasteiger charge is -2.35. The third-order valence-corrected chi connectivity index (χ3v) is 2.90. The quantitative estimate of drug-likeness (QED) is 0.713. The van der Waals surface area contributed by atoms with Crippen LogP contribution in [0.1, 0.15) is 39.5 Å². The van der Waals surface area contributed by atoms with Gasteiger partial charge < -0.3 is 9.64 Å². The molecule has 0 saturated carbocycles. The second-order valence-corrected chi connectivity index (χ2v) is 4.28. The number of carbonyl (C=O) groups is 2. The molecule has 4 nitrogen and oxygen atoms in total. The molecule has 1 aliphatic rings. The van der Waals surface area contributed by atoms with Gasteiger partial charge in [-0.1, -0.05) is 0 Å². The van der Waals surface area contributed by atoms with Crippen molar-refractivity contribution >= 4 is 11.7 Å². The molecule has 1 heterocycles. The molecule has 0 N–H and O–H groups in total. The van der Waals surface area contributed by atoms with Gasteiger partial charge in [0.05, 0.1) is 0 Å². The Labute approximate surface area is 96.9 Å². The van der Waals surface area contributed by atoms with Crippen LogP contribution in [-0.4, -0.2) is 42.4 Å². The largest absolute Gasteiger partial charge is 0.372 e. The van der Waals surface area contributed by atoms with Crippen molar-refractivity contribution in [1.29, 1.82) is 0 Å². The van der Waals surface area contributed by atoms with E-state index in [-0.39, 0.29) is 24.3 Å². The number of ether oxygens (including phenoxy) is 1. The van der Waals surface area contributed by atoms with Crippen LogP contribution in [0.25, 0.3) is 0 Å². The number of Topliss-reactive ketones (excluding diaryl/α,β-unsaturated/α-hetero) is 1. The summed E-state index contributed by atoms with van der Waals surface area (Å²) in [6, 6.07) is 0.0965. The third kappa shape index (κ3) is 3.93. The van der Waals surface area contributed by atoms with Gasteiger partial charge in [-0.25, -0.2) is 0 Å². The van der Waals surface area contributed by atoms with E-state index in [0.717, 1.165) is 25.8 Å². The van der Waals surface area contributed by atoms with E-state index in [0.29, 0.717) is 13.0 Å². The molecule has 1 atom stereocenters. The van der Waals surface area contributed by atoms with Crippen molar-refractivity contribution < 1.29 is 14.3 Å². The average molecular weight is 227 g/mol. The third-order valence-electron chi connectivity index (χ3n) is 2.90. The molecule has 1 saturated heterocycles. The van der Waals surface area contributed by atoms with Crippen molar-refractivity contribution in [2.24, 2.45) is 0 Å². The predicted octanol–water partition coefficient (Wildman–Crippen LogP) is 1.38. The molecule has 0 radical (unpaired) electrons. The molecule has 92 valence electrons. The van der Waals surface area contributed by atoms with E-state index in [2.05, 4.69) is 0 Å². The number of carbonyl (C=O) groups excluding carboxylic acids is 2. The summed E-state index contributed by atoms with van der Waals surface area (Å²) in [6.45, 7) is 4.92. The number of rotatable bonds is 5. The summed E-state index contributed by atoms with van der Waals surface area (Å²) in [4.78, 5) is 24.8. The Kier molecular flexibility index (Phi) is 5.46. The second-order valence-electron chi connectivity index (χ2n) is 4.28. The van der Waals surface area contributed by atoms with Crippen molar-refractivity contribution in [3.63, 3.8) is 0 Å². The van der Waals surface area contributed by atoms with Gasteiger partial charge in [0.15, 0.2) is 0 Å². The van der Waals surface area contributed by atoms with E-state index in [9.17, 15) is 9.59 Å². The van der Waals surface area contributed by atoms with Gasteiger partial charge in [0.2, 0.25) is 5.91 Å². The molecule has 1 amide bonds. The highest BCUT2D eigenvalue weighted by Crippen LogP contribution is 2.20. The molecule has 0 aliphatic carbocycles. The summed E-state index contributed by atoms with van der Waals surface area (Å²) in [5, 5.41) is 0. The fourth-order valence-corrected chi connectivity index (χ4v) is 2.15. The monoisotopic (exact) mass is 227 g/mol.